The largest absolute Gasteiger partial charge is 0.496 e. The molecule has 1 aromatic carbocycles. The van der Waals surface area contributed by atoms with Gasteiger partial charge in [-0.1, -0.05) is 19.9 Å². The lowest BCUT2D eigenvalue weighted by Crippen LogP contribution is -2.47. The van der Waals surface area contributed by atoms with Gasteiger partial charge in [-0.05, 0) is 49.4 Å². The number of carbonyl (C=O) groups is 2. The van der Waals surface area contributed by atoms with Crippen LogP contribution >= 0.6 is 0 Å². The number of nitrogens with one attached hydrogen (secondary N) is 1. The molecule has 1 saturated heterocycles. The number of methoxy groups -OCH3 is 1. The molecule has 2 aromatic rings. The van der Waals surface area contributed by atoms with E-state index in [4.69, 9.17) is 4.74 Å². The summed E-state index contributed by atoms with van der Waals surface area (Å²) in [4.78, 5) is 27.1. The minimum Gasteiger partial charge on any atom is -0.496 e. The molecule has 0 radical (unpaired) electrons. The number of aryl methyl sites for hydroxylation is 2. The zero-order valence-corrected chi connectivity index (χ0v) is 23.5. The maximum Gasteiger partial charge on any atom is 0.435 e. The number of aromatic nitrogens is 2. The highest BCUT2D eigenvalue weighted by Crippen LogP contribution is 2.32. The quantitative estimate of drug-likeness (QED) is 0.584. The number of nitrogens with zero attached hydrogens (tertiary/aromatic N) is 4. The van der Waals surface area contributed by atoms with Crippen molar-refractivity contribution in [2.75, 3.05) is 47.4 Å². The number of carbonyl (C=O) groups excluding carboxylic acids is 2. The molecule has 1 aliphatic heterocycles. The highest BCUT2D eigenvalue weighted by Gasteiger charge is 2.38. The van der Waals surface area contributed by atoms with E-state index in [2.05, 4.69) is 23.4 Å². The van der Waals surface area contributed by atoms with E-state index in [0.29, 0.717) is 38.3 Å². The van der Waals surface area contributed by atoms with E-state index in [-0.39, 0.29) is 30.3 Å². The number of alkyl halides is 3. The first kappa shape index (κ1) is 31.1. The summed E-state index contributed by atoms with van der Waals surface area (Å²) < 4.78 is 45.3. The van der Waals surface area contributed by atoms with Gasteiger partial charge < -0.3 is 19.9 Å². The fourth-order valence-electron chi connectivity index (χ4n) is 4.29. The highest BCUT2D eigenvalue weighted by molar-refractivity contribution is 5.78. The first-order valence-corrected chi connectivity index (χ1v) is 12.8. The smallest absolute Gasteiger partial charge is 0.435 e. The molecule has 1 N–H and O–H groups in total. The zero-order valence-electron chi connectivity index (χ0n) is 23.5. The number of halogens is 3. The van der Waals surface area contributed by atoms with Crippen molar-refractivity contribution in [3.63, 3.8) is 0 Å². The lowest BCUT2D eigenvalue weighted by atomic mass is 9.99. The second kappa shape index (κ2) is 13.6. The molecule has 0 atom stereocenters. The average Bonchev–Trinajstić information content (AvgIpc) is 3.21. The van der Waals surface area contributed by atoms with Crippen LogP contribution in [0, 0.1) is 13.8 Å². The van der Waals surface area contributed by atoms with Crippen LogP contribution in [0.3, 0.4) is 0 Å². The summed E-state index contributed by atoms with van der Waals surface area (Å²) in [6.45, 7) is 9.75. The van der Waals surface area contributed by atoms with E-state index < -0.39 is 11.9 Å². The molecule has 2 amide bonds. The number of amides is 2. The van der Waals surface area contributed by atoms with Crippen LogP contribution in [-0.2, 0) is 41.6 Å². The number of hydrogen-bond donors (Lipinski definition) is 1. The molecule has 0 spiro atoms. The number of ether oxygens (including phenoxy) is 1. The standard InChI is InChI=1S/C14H21NO2.C13H19F3N4O/c1-6-11-8-12(9-14(16)15(3)4)10(2)7-13(11)17-5;1-3-10-9(2)20(18-12(10)13(14,15)16)8-11(21)19-6-4-17-5-7-19/h7-8H,6,9H2,1-5H3;17H,3-8H2,1-2H3. The number of benzene rings is 1. The van der Waals surface area contributed by atoms with Gasteiger partial charge in [0.1, 0.15) is 12.3 Å². The summed E-state index contributed by atoms with van der Waals surface area (Å²) in [5.74, 6) is 0.838. The van der Waals surface area contributed by atoms with Gasteiger partial charge in [-0.2, -0.15) is 18.3 Å². The monoisotopic (exact) mass is 539 g/mol. The summed E-state index contributed by atoms with van der Waals surface area (Å²) >= 11 is 0. The number of rotatable bonds is 7. The van der Waals surface area contributed by atoms with Crippen LogP contribution in [0.5, 0.6) is 5.75 Å². The summed E-state index contributed by atoms with van der Waals surface area (Å²) in [5.41, 5.74) is 3.04. The third-order valence-electron chi connectivity index (χ3n) is 6.67. The van der Waals surface area contributed by atoms with Gasteiger partial charge in [-0.25, -0.2) is 0 Å². The second-order valence-electron chi connectivity index (χ2n) is 9.46. The topological polar surface area (TPSA) is 79.7 Å². The van der Waals surface area contributed by atoms with Gasteiger partial charge in [-0.3, -0.25) is 14.3 Å². The van der Waals surface area contributed by atoms with E-state index in [1.807, 2.05) is 13.0 Å². The lowest BCUT2D eigenvalue weighted by molar-refractivity contribution is -0.142. The molecule has 38 heavy (non-hydrogen) atoms. The van der Waals surface area contributed by atoms with Gasteiger partial charge in [0, 0.05) is 51.5 Å². The summed E-state index contributed by atoms with van der Waals surface area (Å²) in [7, 11) is 5.24. The molecule has 0 bridgehead atoms. The van der Waals surface area contributed by atoms with Crippen molar-refractivity contribution in [2.24, 2.45) is 0 Å². The van der Waals surface area contributed by atoms with Crippen molar-refractivity contribution in [1.29, 1.82) is 0 Å². The Balaban J connectivity index is 0.000000273. The Morgan fingerprint density at radius 2 is 1.71 bits per heavy atom. The molecular weight excluding hydrogens is 499 g/mol. The maximum atomic E-state index is 12.9. The van der Waals surface area contributed by atoms with Crippen molar-refractivity contribution < 1.29 is 27.5 Å². The first-order valence-electron chi connectivity index (χ1n) is 12.8. The lowest BCUT2D eigenvalue weighted by Gasteiger charge is -2.27. The summed E-state index contributed by atoms with van der Waals surface area (Å²) in [6, 6.07) is 4.09. The number of likely N-dealkylation sites (N-methyl/N-ethyl adjacent to an activating group) is 1. The minimum absolute atomic E-state index is 0.125. The molecule has 8 nitrogen and oxygen atoms in total. The van der Waals surface area contributed by atoms with Gasteiger partial charge in [-0.15, -0.1) is 0 Å². The van der Waals surface area contributed by atoms with Gasteiger partial charge in [0.25, 0.3) is 0 Å². The Labute approximate surface area is 223 Å². The predicted octanol–water partition coefficient (Wildman–Crippen LogP) is 3.40. The van der Waals surface area contributed by atoms with Gasteiger partial charge in [0.2, 0.25) is 11.8 Å². The third kappa shape index (κ3) is 7.96. The molecule has 3 rings (SSSR count). The Hall–Kier alpha value is -3.08. The molecule has 0 saturated carbocycles. The van der Waals surface area contributed by atoms with E-state index >= 15 is 0 Å². The van der Waals surface area contributed by atoms with Gasteiger partial charge in [0.05, 0.1) is 13.5 Å². The molecule has 2 heterocycles. The maximum absolute atomic E-state index is 12.9. The Morgan fingerprint density at radius 1 is 1.08 bits per heavy atom. The first-order chi connectivity index (χ1) is 17.8. The van der Waals surface area contributed by atoms with E-state index in [1.54, 1.807) is 44.9 Å². The Bertz CT molecular complexity index is 1110. The molecule has 1 aliphatic rings. The molecule has 11 heteroatoms. The normalized spacial score (nSPS) is 13.6. The minimum atomic E-state index is -4.49. The second-order valence-corrected chi connectivity index (χ2v) is 9.46. The van der Waals surface area contributed by atoms with Gasteiger partial charge in [0.15, 0.2) is 5.69 Å². The molecule has 1 fully saturated rings. The van der Waals surface area contributed by atoms with Crippen LogP contribution in [0.25, 0.3) is 0 Å². The van der Waals surface area contributed by atoms with E-state index in [9.17, 15) is 22.8 Å². The van der Waals surface area contributed by atoms with Crippen molar-refractivity contribution in [2.45, 2.75) is 59.7 Å². The van der Waals surface area contributed by atoms with E-state index in [1.165, 1.54) is 4.68 Å². The van der Waals surface area contributed by atoms with Crippen LogP contribution in [0.15, 0.2) is 12.1 Å². The zero-order chi connectivity index (χ0) is 28.6. The van der Waals surface area contributed by atoms with Crippen LogP contribution in [0.4, 0.5) is 13.2 Å². The van der Waals surface area contributed by atoms with Crippen molar-refractivity contribution in [3.8, 4) is 5.75 Å². The summed E-state index contributed by atoms with van der Waals surface area (Å²) in [5, 5.41) is 6.74. The average molecular weight is 540 g/mol. The van der Waals surface area contributed by atoms with E-state index in [0.717, 1.165) is 28.9 Å². The fraction of sp³-hybridized carbons (Fsp3) is 0.593. The predicted molar refractivity (Wildman–Crippen MR) is 140 cm³/mol. The van der Waals surface area contributed by atoms with Crippen LogP contribution in [0.2, 0.25) is 0 Å². The number of hydrogen-bond acceptors (Lipinski definition) is 5. The third-order valence-corrected chi connectivity index (χ3v) is 6.67. The molecule has 1 aromatic heterocycles. The molecule has 212 valence electrons. The van der Waals surface area contributed by atoms with Crippen LogP contribution < -0.4 is 10.1 Å². The molecular formula is C27H40F3N5O3. The van der Waals surface area contributed by atoms with Gasteiger partial charge >= 0.3 is 6.18 Å². The van der Waals surface area contributed by atoms with Crippen molar-refractivity contribution in [3.05, 3.63) is 45.8 Å². The summed E-state index contributed by atoms with van der Waals surface area (Å²) in [6.07, 6.45) is -2.88. The van der Waals surface area contributed by atoms with Crippen molar-refractivity contribution >= 4 is 11.8 Å². The van der Waals surface area contributed by atoms with Crippen LogP contribution in [-0.4, -0.2) is 78.8 Å². The highest BCUT2D eigenvalue weighted by atomic mass is 19.4. The fourth-order valence-corrected chi connectivity index (χ4v) is 4.29. The SMILES string of the molecule is CCc1c(C(F)(F)F)nn(CC(=O)N2CCNCC2)c1C.CCc1cc(CC(=O)N(C)C)c(C)cc1OC. The Kier molecular flexibility index (Phi) is 11.2. The molecule has 0 aliphatic carbocycles. The molecule has 0 unspecified atom stereocenters. The Morgan fingerprint density at radius 3 is 2.18 bits per heavy atom. The van der Waals surface area contributed by atoms with Crippen molar-refractivity contribution in [1.82, 2.24) is 24.9 Å². The van der Waals surface area contributed by atoms with Crippen LogP contribution in [0.1, 0.15) is 47.5 Å². The number of piperazine rings is 1.